The number of rotatable bonds is 26. The van der Waals surface area contributed by atoms with Crippen molar-refractivity contribution < 1.29 is 57.1 Å². The van der Waals surface area contributed by atoms with Crippen LogP contribution in [0, 0.1) is 0 Å². The lowest BCUT2D eigenvalue weighted by Crippen LogP contribution is -2.58. The summed E-state index contributed by atoms with van der Waals surface area (Å²) in [6.07, 6.45) is 4.66. The molecule has 4 rings (SSSR count). The number of methoxy groups -OCH3 is 4. The number of hydrogen-bond donors (Lipinski definition) is 1. The van der Waals surface area contributed by atoms with Crippen LogP contribution < -0.4 is 24.3 Å². The molecule has 78 heavy (non-hydrogen) atoms. The third-order valence-electron chi connectivity index (χ3n) is 13.9. The third kappa shape index (κ3) is 20.9. The molecule has 2 aromatic carbocycles. The van der Waals surface area contributed by atoms with Gasteiger partial charge in [-0.15, -0.1) is 12.4 Å². The Morgan fingerprint density at radius 1 is 0.603 bits per heavy atom. The van der Waals surface area contributed by atoms with E-state index in [9.17, 15) is 24.0 Å². The zero-order valence-electron chi connectivity index (χ0n) is 50.4. The Kier molecular flexibility index (Phi) is 30.3. The minimum atomic E-state index is -0.692. The number of piperidine rings is 2. The number of ether oxygens (including phenoxy) is 7. The standard InChI is InChI=1S/C32H53N3O7.C27H45N3O5.ClH/c1-11-33(22(2)3)29(36)20-25-14-15-26(21-34(25)31(38)42-32(6,7)8)35(23(4)5)30(37)24-13-16-27(40-10)28(19-24)41-18-12-17-39-9;1-8-29(19(2)3)26(31)17-22-11-12-23(18-28-22)30(20(4)5)27(32)21-10-13-24(34-7)25(16-21)35-15-9-14-33-6;/h13,16,19,22-23,25-26H,11-12,14-15,17-18,20-21H2,1-10H3;10,13,16,19-20,22-23,28H,8-9,11-12,14-15,17-18H2,1-7H3;1H/t25?,26-;22?,23-;/m11./s1. The van der Waals surface area contributed by atoms with Gasteiger partial charge in [-0.1, -0.05) is 0 Å². The zero-order chi connectivity index (χ0) is 57.6. The Hall–Kier alpha value is -5.04. The van der Waals surface area contributed by atoms with E-state index in [1.807, 2.05) is 110 Å². The van der Waals surface area contributed by atoms with E-state index in [0.717, 1.165) is 25.8 Å². The highest BCUT2D eigenvalue weighted by molar-refractivity contribution is 5.96. The maximum atomic E-state index is 14.0. The number of hydrogen-bond acceptors (Lipinski definition) is 13. The van der Waals surface area contributed by atoms with Crippen molar-refractivity contribution in [2.24, 2.45) is 0 Å². The molecular formula is C59H99ClN6O12. The van der Waals surface area contributed by atoms with Crippen LogP contribution in [0.2, 0.25) is 0 Å². The molecule has 0 aliphatic carbocycles. The Morgan fingerprint density at radius 3 is 1.44 bits per heavy atom. The molecule has 2 aromatic rings. The average Bonchev–Trinajstić information content (AvgIpc) is 3.37. The number of halogens is 1. The van der Waals surface area contributed by atoms with Crippen molar-refractivity contribution >= 4 is 42.1 Å². The van der Waals surface area contributed by atoms with E-state index in [1.165, 1.54) is 0 Å². The average molecular weight is 1120 g/mol. The molecule has 2 aliphatic heterocycles. The largest absolute Gasteiger partial charge is 0.493 e. The second-order valence-electron chi connectivity index (χ2n) is 22.0. The number of likely N-dealkylation sites (tertiary alicyclic amines) is 1. The summed E-state index contributed by atoms with van der Waals surface area (Å²) in [7, 11) is 6.46. The molecule has 2 saturated heterocycles. The van der Waals surface area contributed by atoms with Gasteiger partial charge in [-0.25, -0.2) is 4.79 Å². The summed E-state index contributed by atoms with van der Waals surface area (Å²) < 4.78 is 38.6. The highest BCUT2D eigenvalue weighted by Gasteiger charge is 2.41. The van der Waals surface area contributed by atoms with Gasteiger partial charge in [0.25, 0.3) is 11.8 Å². The van der Waals surface area contributed by atoms with E-state index in [2.05, 4.69) is 5.32 Å². The van der Waals surface area contributed by atoms with Gasteiger partial charge in [-0.2, -0.15) is 0 Å². The minimum absolute atomic E-state index is 0. The Bertz CT molecular complexity index is 2150. The van der Waals surface area contributed by atoms with Crippen molar-refractivity contribution in [3.8, 4) is 23.0 Å². The maximum absolute atomic E-state index is 14.0. The number of amides is 5. The van der Waals surface area contributed by atoms with Crippen molar-refractivity contribution in [1.29, 1.82) is 0 Å². The summed E-state index contributed by atoms with van der Waals surface area (Å²) in [6.45, 7) is 29.9. The van der Waals surface area contributed by atoms with E-state index < -0.39 is 11.7 Å². The number of nitrogens with zero attached hydrogens (tertiary/aromatic N) is 5. The van der Waals surface area contributed by atoms with Crippen molar-refractivity contribution in [2.75, 3.05) is 81.0 Å². The van der Waals surface area contributed by atoms with Gasteiger partial charge in [0.2, 0.25) is 11.8 Å². The first-order valence-electron chi connectivity index (χ1n) is 28.0. The molecular weight excluding hydrogens is 1020 g/mol. The molecule has 18 nitrogen and oxygen atoms in total. The lowest BCUT2D eigenvalue weighted by molar-refractivity contribution is -0.134. The summed E-state index contributed by atoms with van der Waals surface area (Å²) in [5.41, 5.74) is 0.361. The number of benzene rings is 2. The minimum Gasteiger partial charge on any atom is -0.493 e. The summed E-state index contributed by atoms with van der Waals surface area (Å²) >= 11 is 0. The lowest BCUT2D eigenvalue weighted by atomic mass is 9.93. The van der Waals surface area contributed by atoms with Gasteiger partial charge in [0, 0.05) is 133 Å². The van der Waals surface area contributed by atoms with Gasteiger partial charge >= 0.3 is 6.09 Å². The van der Waals surface area contributed by atoms with Crippen LogP contribution in [-0.2, 0) is 23.8 Å². The number of carbonyl (C=O) groups excluding carboxylic acids is 5. The Morgan fingerprint density at radius 2 is 1.05 bits per heavy atom. The molecule has 0 aromatic heterocycles. The topological polar surface area (TPSA) is 178 Å². The third-order valence-corrected chi connectivity index (χ3v) is 13.9. The molecule has 2 heterocycles. The van der Waals surface area contributed by atoms with Crippen LogP contribution in [0.5, 0.6) is 23.0 Å². The van der Waals surface area contributed by atoms with Gasteiger partial charge in [-0.05, 0) is 152 Å². The van der Waals surface area contributed by atoms with E-state index in [1.54, 1.807) is 69.7 Å². The molecule has 5 amide bonds. The zero-order valence-corrected chi connectivity index (χ0v) is 51.3. The molecule has 1 N–H and O–H groups in total. The van der Waals surface area contributed by atoms with Gasteiger partial charge in [0.15, 0.2) is 23.0 Å². The van der Waals surface area contributed by atoms with E-state index in [4.69, 9.17) is 33.2 Å². The second-order valence-corrected chi connectivity index (χ2v) is 22.0. The molecule has 4 atom stereocenters. The van der Waals surface area contributed by atoms with E-state index in [-0.39, 0.29) is 97.3 Å². The van der Waals surface area contributed by atoms with Crippen molar-refractivity contribution in [3.05, 3.63) is 47.5 Å². The number of carbonyl (C=O) groups is 5. The first-order valence-corrected chi connectivity index (χ1v) is 28.0. The summed E-state index contributed by atoms with van der Waals surface area (Å²) in [5.74, 6) is 2.21. The van der Waals surface area contributed by atoms with Crippen molar-refractivity contribution in [2.45, 2.75) is 195 Å². The van der Waals surface area contributed by atoms with E-state index >= 15 is 0 Å². The molecule has 19 heteroatoms. The fourth-order valence-electron chi connectivity index (χ4n) is 10.2. The SMILES string of the molecule is CCN(C(=O)CC1CC[C@@H](N(C(=O)c2ccc(OC)c(OCCCOC)c2)C(C)C)CN1)C(C)C.CCN(C(=O)CC1CC[C@@H](N(C(=O)c2ccc(OC)c(OCCCOC)c2)C(C)C)CN1C(=O)OC(C)(C)C)C(C)C.Cl. The Labute approximate surface area is 474 Å². The van der Waals surface area contributed by atoms with E-state index in [0.29, 0.717) is 99.3 Å². The first-order chi connectivity index (χ1) is 36.5. The Balaban J connectivity index is 0.000000535. The van der Waals surface area contributed by atoms with Gasteiger partial charge in [0.05, 0.1) is 33.5 Å². The van der Waals surface area contributed by atoms with Gasteiger partial charge in [0.1, 0.15) is 5.60 Å². The summed E-state index contributed by atoms with van der Waals surface area (Å²) in [4.78, 5) is 76.1. The second kappa shape index (κ2) is 34.2. The fraction of sp³-hybridized carbons (Fsp3) is 0.712. The van der Waals surface area contributed by atoms with Crippen LogP contribution in [-0.4, -0.2) is 189 Å². The van der Waals surface area contributed by atoms with Crippen LogP contribution in [0.3, 0.4) is 0 Å². The van der Waals surface area contributed by atoms with Gasteiger partial charge in [-0.3, -0.25) is 19.2 Å². The molecule has 2 fully saturated rings. The fourth-order valence-corrected chi connectivity index (χ4v) is 10.2. The predicted molar refractivity (Wildman–Crippen MR) is 309 cm³/mol. The molecule has 0 spiro atoms. The van der Waals surface area contributed by atoms with Crippen LogP contribution in [0.15, 0.2) is 36.4 Å². The molecule has 0 radical (unpaired) electrons. The number of nitrogens with one attached hydrogen (secondary N) is 1. The highest BCUT2D eigenvalue weighted by Crippen LogP contribution is 2.33. The van der Waals surface area contributed by atoms with Crippen LogP contribution in [0.25, 0.3) is 0 Å². The molecule has 2 unspecified atom stereocenters. The quantitative estimate of drug-likeness (QED) is 0.0882. The first kappa shape index (κ1) is 69.1. The molecule has 0 saturated carbocycles. The predicted octanol–water partition coefficient (Wildman–Crippen LogP) is 9.53. The van der Waals surface area contributed by atoms with Crippen LogP contribution in [0.4, 0.5) is 4.79 Å². The van der Waals surface area contributed by atoms with Gasteiger partial charge < -0.3 is 63.0 Å². The molecule has 444 valence electrons. The van der Waals surface area contributed by atoms with Crippen LogP contribution >= 0.6 is 12.4 Å². The molecule has 0 bridgehead atoms. The summed E-state index contributed by atoms with van der Waals surface area (Å²) in [6, 6.07) is 10.4. The highest BCUT2D eigenvalue weighted by atomic mass is 35.5. The lowest BCUT2D eigenvalue weighted by Gasteiger charge is -2.45. The summed E-state index contributed by atoms with van der Waals surface area (Å²) in [5, 5.41) is 3.53. The molecule has 2 aliphatic rings. The maximum Gasteiger partial charge on any atom is 0.410 e. The van der Waals surface area contributed by atoms with Crippen molar-refractivity contribution in [1.82, 2.24) is 29.8 Å². The van der Waals surface area contributed by atoms with Crippen LogP contribution in [0.1, 0.15) is 162 Å². The van der Waals surface area contributed by atoms with Crippen molar-refractivity contribution in [3.63, 3.8) is 0 Å². The normalized spacial score (nSPS) is 17.4. The smallest absolute Gasteiger partial charge is 0.410 e. The monoisotopic (exact) mass is 1120 g/mol.